The molecule has 0 unspecified atom stereocenters. The fourth-order valence-corrected chi connectivity index (χ4v) is 2.99. The lowest BCUT2D eigenvalue weighted by Gasteiger charge is -2.04. The Hall–Kier alpha value is -2.27. The third-order valence-corrected chi connectivity index (χ3v) is 4.21. The molecule has 2 aromatic heterocycles. The summed E-state index contributed by atoms with van der Waals surface area (Å²) in [6, 6.07) is 8.95. The highest BCUT2D eigenvalue weighted by Crippen LogP contribution is 2.19. The lowest BCUT2D eigenvalue weighted by atomic mass is 10.1. The Morgan fingerprint density at radius 1 is 1.30 bits per heavy atom. The second kappa shape index (κ2) is 5.02. The van der Waals surface area contributed by atoms with E-state index in [9.17, 15) is 9.59 Å². The number of nitrogens with zero attached hydrogens (tertiary/aromatic N) is 2. The predicted octanol–water partition coefficient (Wildman–Crippen LogP) is 2.65. The minimum atomic E-state index is -0.155. The van der Waals surface area contributed by atoms with Gasteiger partial charge in [0.05, 0.1) is 18.4 Å². The van der Waals surface area contributed by atoms with E-state index in [0.717, 1.165) is 11.1 Å². The van der Waals surface area contributed by atoms with E-state index < -0.39 is 0 Å². The van der Waals surface area contributed by atoms with E-state index in [-0.39, 0.29) is 17.9 Å². The topological polar surface area (TPSA) is 52.0 Å². The van der Waals surface area contributed by atoms with Crippen LogP contribution in [0.1, 0.15) is 15.9 Å². The number of Topliss-reactive ketones (excluding diaryl/α,β-unsaturated/α-hetero) is 1. The molecule has 0 amide bonds. The summed E-state index contributed by atoms with van der Waals surface area (Å²) >= 11 is 1.37. The van der Waals surface area contributed by atoms with Crippen molar-refractivity contribution in [3.8, 4) is 0 Å². The van der Waals surface area contributed by atoms with Crippen LogP contribution in [-0.4, -0.2) is 15.3 Å². The summed E-state index contributed by atoms with van der Waals surface area (Å²) in [6.45, 7) is 1.94. The Morgan fingerprint density at radius 2 is 2.05 bits per heavy atom. The molecule has 0 fully saturated rings. The fraction of sp³-hybridized carbons (Fsp3) is 0.133. The van der Waals surface area contributed by atoms with Crippen molar-refractivity contribution in [2.75, 3.05) is 0 Å². The highest BCUT2D eigenvalue weighted by molar-refractivity contribution is 7.17. The molecule has 100 valence electrons. The van der Waals surface area contributed by atoms with Crippen LogP contribution in [-0.2, 0) is 6.54 Å². The number of hydrogen-bond donors (Lipinski definition) is 0. The zero-order chi connectivity index (χ0) is 14.1. The largest absolute Gasteiger partial charge is 0.292 e. The smallest absolute Gasteiger partial charge is 0.271 e. The first kappa shape index (κ1) is 12.7. The molecular formula is C15H12N2O2S. The first-order valence-corrected chi connectivity index (χ1v) is 7.06. The van der Waals surface area contributed by atoms with Crippen LogP contribution < -0.4 is 5.56 Å². The van der Waals surface area contributed by atoms with Gasteiger partial charge in [-0.2, -0.15) is 0 Å². The molecule has 0 N–H and O–H groups in total. The molecule has 4 nitrogen and oxygen atoms in total. The number of rotatable bonds is 3. The summed E-state index contributed by atoms with van der Waals surface area (Å²) in [5.41, 5.74) is 2.16. The van der Waals surface area contributed by atoms with Crippen molar-refractivity contribution in [3.63, 3.8) is 0 Å². The van der Waals surface area contributed by atoms with Crippen molar-refractivity contribution < 1.29 is 4.79 Å². The molecule has 0 aliphatic heterocycles. The summed E-state index contributed by atoms with van der Waals surface area (Å²) in [5.74, 6) is -0.0953. The number of ketones is 1. The van der Waals surface area contributed by atoms with E-state index in [1.54, 1.807) is 24.3 Å². The average Bonchev–Trinajstić information content (AvgIpc) is 2.85. The molecule has 0 saturated heterocycles. The molecule has 1 aromatic carbocycles. The van der Waals surface area contributed by atoms with Crippen molar-refractivity contribution in [1.82, 2.24) is 9.55 Å². The van der Waals surface area contributed by atoms with E-state index in [0.29, 0.717) is 10.3 Å². The van der Waals surface area contributed by atoms with Gasteiger partial charge in [-0.3, -0.25) is 14.2 Å². The molecule has 0 saturated carbocycles. The van der Waals surface area contributed by atoms with Gasteiger partial charge in [0.15, 0.2) is 5.78 Å². The lowest BCUT2D eigenvalue weighted by molar-refractivity contribution is 0.0970. The number of carbonyl (C=O) groups is 1. The Labute approximate surface area is 119 Å². The van der Waals surface area contributed by atoms with Crippen LogP contribution in [0.2, 0.25) is 0 Å². The van der Waals surface area contributed by atoms with E-state index >= 15 is 0 Å². The second-order valence-corrected chi connectivity index (χ2v) is 5.44. The lowest BCUT2D eigenvalue weighted by Crippen LogP contribution is -2.24. The minimum absolute atomic E-state index is 0.0166. The molecule has 3 rings (SSSR count). The van der Waals surface area contributed by atoms with Gasteiger partial charge in [-0.05, 0) is 17.9 Å². The Bertz CT molecular complexity index is 834. The van der Waals surface area contributed by atoms with Crippen molar-refractivity contribution in [2.24, 2.45) is 0 Å². The highest BCUT2D eigenvalue weighted by atomic mass is 32.1. The van der Waals surface area contributed by atoms with Gasteiger partial charge in [-0.25, -0.2) is 4.98 Å². The molecule has 0 aliphatic carbocycles. The minimum Gasteiger partial charge on any atom is -0.292 e. The predicted molar refractivity (Wildman–Crippen MR) is 79.4 cm³/mol. The van der Waals surface area contributed by atoms with E-state index in [1.165, 1.54) is 22.2 Å². The first-order valence-electron chi connectivity index (χ1n) is 6.18. The molecule has 0 aliphatic rings. The summed E-state index contributed by atoms with van der Waals surface area (Å²) < 4.78 is 1.97. The number of carbonyl (C=O) groups excluding carboxylic acids is 1. The maximum Gasteiger partial charge on any atom is 0.271 e. The van der Waals surface area contributed by atoms with Crippen molar-refractivity contribution >= 4 is 27.3 Å². The molecule has 0 bridgehead atoms. The van der Waals surface area contributed by atoms with E-state index in [2.05, 4.69) is 4.98 Å². The quantitative estimate of drug-likeness (QED) is 0.695. The third kappa shape index (κ3) is 2.16. The molecule has 0 atom stereocenters. The van der Waals surface area contributed by atoms with Gasteiger partial charge in [-0.15, -0.1) is 11.3 Å². The van der Waals surface area contributed by atoms with Crippen LogP contribution >= 0.6 is 11.3 Å². The van der Waals surface area contributed by atoms with Gasteiger partial charge in [0, 0.05) is 5.56 Å². The summed E-state index contributed by atoms with van der Waals surface area (Å²) in [6.07, 6.45) is 1.45. The molecule has 20 heavy (non-hydrogen) atoms. The maximum absolute atomic E-state index is 12.3. The average molecular weight is 284 g/mol. The molecule has 0 radical (unpaired) electrons. The number of thiophene rings is 1. The molecule has 5 heteroatoms. The van der Waals surface area contributed by atoms with Crippen LogP contribution in [0.15, 0.2) is 46.8 Å². The van der Waals surface area contributed by atoms with Crippen LogP contribution in [0.25, 0.3) is 10.2 Å². The van der Waals surface area contributed by atoms with Crippen LogP contribution in [0.4, 0.5) is 0 Å². The molecule has 3 aromatic rings. The number of aryl methyl sites for hydroxylation is 1. The molecule has 0 spiro atoms. The van der Waals surface area contributed by atoms with E-state index in [4.69, 9.17) is 0 Å². The number of hydrogen-bond acceptors (Lipinski definition) is 4. The zero-order valence-electron chi connectivity index (χ0n) is 10.9. The second-order valence-electron chi connectivity index (χ2n) is 4.56. The Balaban J connectivity index is 1.98. The van der Waals surface area contributed by atoms with Gasteiger partial charge in [0.2, 0.25) is 0 Å². The fourth-order valence-electron chi connectivity index (χ4n) is 2.04. The van der Waals surface area contributed by atoms with Gasteiger partial charge in [-0.1, -0.05) is 30.3 Å². The van der Waals surface area contributed by atoms with Gasteiger partial charge < -0.3 is 0 Å². The maximum atomic E-state index is 12.3. The van der Waals surface area contributed by atoms with Crippen LogP contribution in [0, 0.1) is 6.92 Å². The van der Waals surface area contributed by atoms with E-state index in [1.807, 2.05) is 18.4 Å². The number of aromatic nitrogens is 2. The number of benzene rings is 1. The summed E-state index contributed by atoms with van der Waals surface area (Å²) in [5, 5.41) is 1.91. The number of fused-ring (bicyclic) bond motifs is 1. The Morgan fingerprint density at radius 3 is 2.80 bits per heavy atom. The van der Waals surface area contributed by atoms with Gasteiger partial charge >= 0.3 is 0 Å². The standard InChI is InChI=1S/C15H12N2O2S/c1-10-8-20-14-13(10)16-9-17(15(14)19)7-12(18)11-5-3-2-4-6-11/h2-6,8-9H,7H2,1H3. The van der Waals surface area contributed by atoms with Gasteiger partial charge in [0.25, 0.3) is 5.56 Å². The van der Waals surface area contributed by atoms with Crippen LogP contribution in [0.3, 0.4) is 0 Å². The van der Waals surface area contributed by atoms with Crippen molar-refractivity contribution in [3.05, 3.63) is 63.5 Å². The van der Waals surface area contributed by atoms with Crippen molar-refractivity contribution in [2.45, 2.75) is 13.5 Å². The monoisotopic (exact) mass is 284 g/mol. The Kier molecular flexibility index (Phi) is 3.20. The third-order valence-electron chi connectivity index (χ3n) is 3.13. The normalized spacial score (nSPS) is 10.8. The van der Waals surface area contributed by atoms with Crippen molar-refractivity contribution in [1.29, 1.82) is 0 Å². The molecular weight excluding hydrogens is 272 g/mol. The summed E-state index contributed by atoms with van der Waals surface area (Å²) in [4.78, 5) is 28.7. The zero-order valence-corrected chi connectivity index (χ0v) is 11.7. The van der Waals surface area contributed by atoms with Gasteiger partial charge in [0.1, 0.15) is 4.70 Å². The molecule has 2 heterocycles. The SMILES string of the molecule is Cc1csc2c(=O)n(CC(=O)c3ccccc3)cnc12. The van der Waals surface area contributed by atoms with Crippen LogP contribution in [0.5, 0.6) is 0 Å². The first-order chi connectivity index (χ1) is 9.66. The highest BCUT2D eigenvalue weighted by Gasteiger charge is 2.11. The summed E-state index contributed by atoms with van der Waals surface area (Å²) in [7, 11) is 0.